The molecular weight excluding hydrogens is 268 g/mol. The number of nitrogens with zero attached hydrogens (tertiary/aromatic N) is 1. The third kappa shape index (κ3) is 3.38. The molecule has 0 aliphatic heterocycles. The lowest BCUT2D eigenvalue weighted by Crippen LogP contribution is -2.07. The highest BCUT2D eigenvalue weighted by atomic mass is 32.1. The Hall–Kier alpha value is -1.39. The molecule has 1 unspecified atom stereocenters. The summed E-state index contributed by atoms with van der Waals surface area (Å²) in [4.78, 5) is 4.52. The van der Waals surface area contributed by atoms with Gasteiger partial charge in [0.2, 0.25) is 0 Å². The summed E-state index contributed by atoms with van der Waals surface area (Å²) >= 11 is 1.65. The van der Waals surface area contributed by atoms with E-state index in [1.807, 2.05) is 12.3 Å². The highest BCUT2D eigenvalue weighted by Crippen LogP contribution is 2.26. The SMILES string of the molecule is Cc1ccc(C)c(OCCc2nc(C(C)N)cs2)c1C. The molecule has 0 saturated heterocycles. The van der Waals surface area contributed by atoms with E-state index in [1.165, 1.54) is 16.7 Å². The van der Waals surface area contributed by atoms with E-state index in [2.05, 4.69) is 37.9 Å². The van der Waals surface area contributed by atoms with Crippen molar-refractivity contribution < 1.29 is 4.74 Å². The van der Waals surface area contributed by atoms with E-state index < -0.39 is 0 Å². The molecule has 108 valence electrons. The van der Waals surface area contributed by atoms with Gasteiger partial charge in [0.1, 0.15) is 5.75 Å². The van der Waals surface area contributed by atoms with Crippen molar-refractivity contribution in [2.75, 3.05) is 6.61 Å². The van der Waals surface area contributed by atoms with Crippen LogP contribution in [-0.2, 0) is 6.42 Å². The van der Waals surface area contributed by atoms with Crippen molar-refractivity contribution in [2.24, 2.45) is 5.73 Å². The van der Waals surface area contributed by atoms with Crippen molar-refractivity contribution in [2.45, 2.75) is 40.2 Å². The molecule has 2 N–H and O–H groups in total. The number of ether oxygens (including phenoxy) is 1. The molecule has 4 heteroatoms. The minimum absolute atomic E-state index is 0.00202. The van der Waals surface area contributed by atoms with Gasteiger partial charge in [-0.3, -0.25) is 0 Å². The fraction of sp³-hybridized carbons (Fsp3) is 0.438. The van der Waals surface area contributed by atoms with Crippen molar-refractivity contribution >= 4 is 11.3 Å². The van der Waals surface area contributed by atoms with Gasteiger partial charge in [0.25, 0.3) is 0 Å². The van der Waals surface area contributed by atoms with E-state index in [4.69, 9.17) is 10.5 Å². The molecule has 1 aromatic heterocycles. The maximum atomic E-state index is 5.96. The zero-order valence-electron chi connectivity index (χ0n) is 12.6. The molecule has 0 aliphatic rings. The van der Waals surface area contributed by atoms with Crippen LogP contribution in [0.5, 0.6) is 5.75 Å². The molecule has 0 radical (unpaired) electrons. The first-order valence-corrected chi connectivity index (χ1v) is 7.76. The van der Waals surface area contributed by atoms with Crippen LogP contribution in [0.1, 0.15) is 40.4 Å². The van der Waals surface area contributed by atoms with Crippen LogP contribution in [0.2, 0.25) is 0 Å². The second-order valence-corrected chi connectivity index (χ2v) is 6.15. The Morgan fingerprint density at radius 1 is 1.25 bits per heavy atom. The van der Waals surface area contributed by atoms with E-state index in [9.17, 15) is 0 Å². The average Bonchev–Trinajstić information content (AvgIpc) is 2.87. The van der Waals surface area contributed by atoms with Gasteiger partial charge in [-0.05, 0) is 44.4 Å². The van der Waals surface area contributed by atoms with Crippen molar-refractivity contribution in [3.8, 4) is 5.75 Å². The first kappa shape index (κ1) is 15.0. The molecule has 1 atom stereocenters. The zero-order valence-corrected chi connectivity index (χ0v) is 13.4. The Labute approximate surface area is 124 Å². The molecule has 0 fully saturated rings. The first-order valence-electron chi connectivity index (χ1n) is 6.88. The molecule has 1 heterocycles. The Kier molecular flexibility index (Phi) is 4.78. The summed E-state index contributed by atoms with van der Waals surface area (Å²) in [5.74, 6) is 1.01. The van der Waals surface area contributed by atoms with Crippen LogP contribution in [0.3, 0.4) is 0 Å². The van der Waals surface area contributed by atoms with Crippen LogP contribution in [0, 0.1) is 20.8 Å². The topological polar surface area (TPSA) is 48.1 Å². The summed E-state index contributed by atoms with van der Waals surface area (Å²) in [6.07, 6.45) is 0.824. The lowest BCUT2D eigenvalue weighted by Gasteiger charge is -2.13. The van der Waals surface area contributed by atoms with Gasteiger partial charge in [-0.1, -0.05) is 12.1 Å². The van der Waals surface area contributed by atoms with E-state index in [0.717, 1.165) is 22.9 Å². The lowest BCUT2D eigenvalue weighted by atomic mass is 10.1. The standard InChI is InChI=1S/C16H22N2OS/c1-10-5-6-11(2)16(12(10)3)19-8-7-15-18-14(9-20-15)13(4)17/h5-6,9,13H,7-8,17H2,1-4H3. The molecule has 2 aromatic rings. The molecule has 0 bridgehead atoms. The Bertz CT molecular complexity index is 590. The molecule has 0 saturated carbocycles. The number of benzene rings is 1. The minimum atomic E-state index is 0.00202. The predicted octanol–water partition coefficient (Wildman–Crippen LogP) is 3.71. The maximum Gasteiger partial charge on any atom is 0.125 e. The monoisotopic (exact) mass is 290 g/mol. The number of aromatic nitrogens is 1. The fourth-order valence-corrected chi connectivity index (χ4v) is 2.92. The van der Waals surface area contributed by atoms with Crippen LogP contribution < -0.4 is 10.5 Å². The third-order valence-corrected chi connectivity index (χ3v) is 4.40. The number of aryl methyl sites for hydroxylation is 2. The van der Waals surface area contributed by atoms with Gasteiger partial charge < -0.3 is 10.5 Å². The second-order valence-electron chi connectivity index (χ2n) is 5.21. The third-order valence-electron chi connectivity index (χ3n) is 3.47. The van der Waals surface area contributed by atoms with Crippen molar-refractivity contribution in [3.05, 3.63) is 44.9 Å². The number of hydrogen-bond acceptors (Lipinski definition) is 4. The summed E-state index contributed by atoms with van der Waals surface area (Å²) in [6.45, 7) is 8.90. The first-order chi connectivity index (χ1) is 9.49. The van der Waals surface area contributed by atoms with Crippen LogP contribution in [0.4, 0.5) is 0 Å². The number of nitrogens with two attached hydrogens (primary N) is 1. The number of thiazole rings is 1. The van der Waals surface area contributed by atoms with Gasteiger partial charge in [0, 0.05) is 17.8 Å². The largest absolute Gasteiger partial charge is 0.493 e. The van der Waals surface area contributed by atoms with Crippen LogP contribution >= 0.6 is 11.3 Å². The van der Waals surface area contributed by atoms with Gasteiger partial charge in [-0.15, -0.1) is 11.3 Å². The highest BCUT2D eigenvalue weighted by Gasteiger charge is 2.08. The Balaban J connectivity index is 1.97. The molecule has 0 amide bonds. The Morgan fingerprint density at radius 3 is 2.60 bits per heavy atom. The van der Waals surface area contributed by atoms with Gasteiger partial charge in [-0.25, -0.2) is 4.98 Å². The van der Waals surface area contributed by atoms with Crippen molar-refractivity contribution in [1.29, 1.82) is 0 Å². The molecule has 3 nitrogen and oxygen atoms in total. The van der Waals surface area contributed by atoms with Crippen LogP contribution in [-0.4, -0.2) is 11.6 Å². The number of hydrogen-bond donors (Lipinski definition) is 1. The summed E-state index contributed by atoms with van der Waals surface area (Å²) in [5, 5.41) is 3.11. The van der Waals surface area contributed by atoms with E-state index in [-0.39, 0.29) is 6.04 Å². The van der Waals surface area contributed by atoms with E-state index >= 15 is 0 Å². The molecule has 2 rings (SSSR count). The molecule has 1 aromatic carbocycles. The van der Waals surface area contributed by atoms with Gasteiger partial charge in [-0.2, -0.15) is 0 Å². The quantitative estimate of drug-likeness (QED) is 0.913. The average molecular weight is 290 g/mol. The van der Waals surface area contributed by atoms with Gasteiger partial charge >= 0.3 is 0 Å². The predicted molar refractivity (Wildman–Crippen MR) is 84.6 cm³/mol. The maximum absolute atomic E-state index is 5.96. The smallest absolute Gasteiger partial charge is 0.125 e. The molecule has 0 spiro atoms. The number of rotatable bonds is 5. The van der Waals surface area contributed by atoms with Gasteiger partial charge in [0.05, 0.1) is 17.3 Å². The fourth-order valence-electron chi connectivity index (χ4n) is 2.04. The van der Waals surface area contributed by atoms with Crippen LogP contribution in [0.25, 0.3) is 0 Å². The van der Waals surface area contributed by atoms with Crippen molar-refractivity contribution in [3.63, 3.8) is 0 Å². The highest BCUT2D eigenvalue weighted by molar-refractivity contribution is 7.09. The van der Waals surface area contributed by atoms with E-state index in [1.54, 1.807) is 11.3 Å². The summed E-state index contributed by atoms with van der Waals surface area (Å²) < 4.78 is 5.96. The lowest BCUT2D eigenvalue weighted by molar-refractivity contribution is 0.317. The minimum Gasteiger partial charge on any atom is -0.493 e. The van der Waals surface area contributed by atoms with Crippen molar-refractivity contribution in [1.82, 2.24) is 4.98 Å². The van der Waals surface area contributed by atoms with E-state index in [0.29, 0.717) is 6.61 Å². The second kappa shape index (κ2) is 6.37. The molecule has 20 heavy (non-hydrogen) atoms. The zero-order chi connectivity index (χ0) is 14.7. The molecular formula is C16H22N2OS. The van der Waals surface area contributed by atoms with Gasteiger partial charge in [0.15, 0.2) is 0 Å². The summed E-state index contributed by atoms with van der Waals surface area (Å²) in [6, 6.07) is 4.24. The Morgan fingerprint density at radius 2 is 1.95 bits per heavy atom. The molecule has 0 aliphatic carbocycles. The van der Waals surface area contributed by atoms with Crippen LogP contribution in [0.15, 0.2) is 17.5 Å². The normalized spacial score (nSPS) is 12.4. The summed E-state index contributed by atoms with van der Waals surface area (Å²) in [7, 11) is 0. The summed E-state index contributed by atoms with van der Waals surface area (Å²) in [5.41, 5.74) is 10.5.